The third-order valence-electron chi connectivity index (χ3n) is 10.8. The molecule has 6 heteroatoms. The van der Waals surface area contributed by atoms with E-state index < -0.39 is 18.2 Å². The Kier molecular flexibility index (Phi) is 40.7. The highest BCUT2D eigenvalue weighted by molar-refractivity contribution is 5.77. The van der Waals surface area contributed by atoms with Crippen LogP contribution in [-0.4, -0.2) is 46.9 Å². The normalized spacial score (nSPS) is 13.4. The van der Waals surface area contributed by atoms with Gasteiger partial charge < -0.3 is 20.3 Å². The molecule has 3 atom stereocenters. The molecule has 0 saturated carbocycles. The van der Waals surface area contributed by atoms with Gasteiger partial charge in [0, 0.05) is 6.42 Å². The van der Waals surface area contributed by atoms with Gasteiger partial charge in [-0.1, -0.05) is 200 Å². The summed E-state index contributed by atoms with van der Waals surface area (Å²) in [4.78, 5) is 26.0. The minimum Gasteiger partial charge on any atom is -0.462 e. The summed E-state index contributed by atoms with van der Waals surface area (Å²) in [5.74, 6) is -0.474. The molecule has 0 aromatic heterocycles. The smallest absolute Gasteiger partial charge is 0.306 e. The van der Waals surface area contributed by atoms with Gasteiger partial charge in [0.2, 0.25) is 5.91 Å². The maximum atomic E-state index is 13.1. The molecule has 0 heterocycles. The number of aliphatic hydroxyl groups excluding tert-OH is 2. The van der Waals surface area contributed by atoms with E-state index in [2.05, 4.69) is 38.2 Å². The molecule has 0 aliphatic heterocycles. The third kappa shape index (κ3) is 37.3. The zero-order valence-electron chi connectivity index (χ0n) is 35.7. The van der Waals surface area contributed by atoms with Crippen LogP contribution in [0.3, 0.4) is 0 Å². The number of unbranched alkanes of at least 4 members (excludes halogenated alkanes) is 28. The van der Waals surface area contributed by atoms with Crippen LogP contribution in [0.2, 0.25) is 0 Å². The van der Waals surface area contributed by atoms with Crippen molar-refractivity contribution < 1.29 is 24.5 Å². The number of hydrogen-bond donors (Lipinski definition) is 3. The average molecular weight is 750 g/mol. The molecule has 53 heavy (non-hydrogen) atoms. The van der Waals surface area contributed by atoms with Crippen molar-refractivity contribution in [1.82, 2.24) is 5.32 Å². The molecule has 0 bridgehead atoms. The summed E-state index contributed by atoms with van der Waals surface area (Å²) in [6, 6.07) is -0.694. The molecule has 0 aromatic rings. The van der Waals surface area contributed by atoms with Gasteiger partial charge in [-0.2, -0.15) is 0 Å². The predicted octanol–water partition coefficient (Wildman–Crippen LogP) is 13.4. The third-order valence-corrected chi connectivity index (χ3v) is 10.8. The Hall–Kier alpha value is -1.40. The molecule has 3 N–H and O–H groups in total. The molecule has 3 unspecified atom stereocenters. The Labute approximate surface area is 329 Å². The van der Waals surface area contributed by atoms with Crippen LogP contribution in [0.25, 0.3) is 0 Å². The molecule has 0 rings (SSSR count). The minimum absolute atomic E-state index is 0.0805. The predicted molar refractivity (Wildman–Crippen MR) is 227 cm³/mol. The highest BCUT2D eigenvalue weighted by Crippen LogP contribution is 2.18. The molecule has 1 amide bonds. The van der Waals surface area contributed by atoms with Crippen LogP contribution in [0.1, 0.15) is 252 Å². The fourth-order valence-electron chi connectivity index (χ4n) is 7.25. The van der Waals surface area contributed by atoms with Crippen molar-refractivity contribution in [3.05, 3.63) is 12.2 Å². The second kappa shape index (κ2) is 41.8. The van der Waals surface area contributed by atoms with E-state index in [1.807, 2.05) is 0 Å². The van der Waals surface area contributed by atoms with Crippen LogP contribution in [0.4, 0.5) is 0 Å². The topological polar surface area (TPSA) is 95.9 Å². The van der Waals surface area contributed by atoms with Crippen molar-refractivity contribution in [2.75, 3.05) is 6.61 Å². The fourth-order valence-corrected chi connectivity index (χ4v) is 7.25. The Morgan fingerprint density at radius 2 is 0.906 bits per heavy atom. The number of hydrogen-bond acceptors (Lipinski definition) is 5. The van der Waals surface area contributed by atoms with E-state index >= 15 is 0 Å². The highest BCUT2D eigenvalue weighted by atomic mass is 16.5. The van der Waals surface area contributed by atoms with Crippen molar-refractivity contribution in [2.45, 2.75) is 270 Å². The van der Waals surface area contributed by atoms with Gasteiger partial charge in [0.1, 0.15) is 6.10 Å². The monoisotopic (exact) mass is 750 g/mol. The van der Waals surface area contributed by atoms with Crippen LogP contribution in [-0.2, 0) is 14.3 Å². The number of rotatable bonds is 42. The van der Waals surface area contributed by atoms with Gasteiger partial charge in [0.15, 0.2) is 0 Å². The summed E-state index contributed by atoms with van der Waals surface area (Å²) < 4.78 is 5.90. The number of nitrogens with one attached hydrogen (secondary N) is 1. The van der Waals surface area contributed by atoms with Crippen LogP contribution < -0.4 is 5.32 Å². The number of carbonyl (C=O) groups is 2. The van der Waals surface area contributed by atoms with E-state index in [-0.39, 0.29) is 24.9 Å². The zero-order valence-corrected chi connectivity index (χ0v) is 35.7. The zero-order chi connectivity index (χ0) is 38.9. The molecular weight excluding hydrogens is 659 g/mol. The van der Waals surface area contributed by atoms with E-state index in [9.17, 15) is 19.8 Å². The number of carbonyl (C=O) groups excluding carboxylic acids is 2. The number of amides is 1. The Morgan fingerprint density at radius 3 is 1.38 bits per heavy atom. The SMILES string of the molecule is CCCCC/C=C\CCCCCCCC(=O)OC(CCCCCCCCCCCCC)CC(=O)NC(CO)C(O)CCCCCCCCCCCCC. The number of esters is 1. The molecular formula is C47H91NO5. The lowest BCUT2D eigenvalue weighted by Crippen LogP contribution is -2.46. The van der Waals surface area contributed by atoms with Crippen molar-refractivity contribution >= 4 is 11.9 Å². The molecule has 0 fully saturated rings. The van der Waals surface area contributed by atoms with Gasteiger partial charge in [-0.25, -0.2) is 0 Å². The highest BCUT2D eigenvalue weighted by Gasteiger charge is 2.24. The van der Waals surface area contributed by atoms with E-state index in [1.54, 1.807) is 0 Å². The van der Waals surface area contributed by atoms with Gasteiger partial charge in [-0.15, -0.1) is 0 Å². The summed E-state index contributed by atoms with van der Waals surface area (Å²) in [5.41, 5.74) is 0. The number of ether oxygens (including phenoxy) is 1. The summed E-state index contributed by atoms with van der Waals surface area (Å²) in [5, 5.41) is 23.6. The summed E-state index contributed by atoms with van der Waals surface area (Å²) in [6.45, 7) is 6.45. The van der Waals surface area contributed by atoms with E-state index in [1.165, 1.54) is 154 Å². The Bertz CT molecular complexity index is 802. The molecule has 0 aliphatic rings. The Morgan fingerprint density at radius 1 is 0.528 bits per heavy atom. The quantitative estimate of drug-likeness (QED) is 0.0328. The first kappa shape index (κ1) is 51.6. The van der Waals surface area contributed by atoms with Gasteiger partial charge in [-0.3, -0.25) is 9.59 Å². The molecule has 0 saturated heterocycles. The van der Waals surface area contributed by atoms with Crippen molar-refractivity contribution in [1.29, 1.82) is 0 Å². The maximum Gasteiger partial charge on any atom is 0.306 e. The molecule has 0 radical (unpaired) electrons. The molecule has 0 spiro atoms. The molecule has 6 nitrogen and oxygen atoms in total. The lowest BCUT2D eigenvalue weighted by Gasteiger charge is -2.24. The van der Waals surface area contributed by atoms with Crippen molar-refractivity contribution in [3.8, 4) is 0 Å². The largest absolute Gasteiger partial charge is 0.462 e. The van der Waals surface area contributed by atoms with Gasteiger partial charge in [0.05, 0.1) is 25.2 Å². The van der Waals surface area contributed by atoms with Gasteiger partial charge in [-0.05, 0) is 51.4 Å². The first-order chi connectivity index (χ1) is 26.0. The number of allylic oxidation sites excluding steroid dienone is 2. The lowest BCUT2D eigenvalue weighted by molar-refractivity contribution is -0.151. The average Bonchev–Trinajstić information content (AvgIpc) is 3.15. The lowest BCUT2D eigenvalue weighted by atomic mass is 10.0. The van der Waals surface area contributed by atoms with Crippen LogP contribution in [0.5, 0.6) is 0 Å². The summed E-state index contributed by atoms with van der Waals surface area (Å²) >= 11 is 0. The van der Waals surface area contributed by atoms with E-state index in [4.69, 9.17) is 4.74 Å². The second-order valence-corrected chi connectivity index (χ2v) is 16.2. The van der Waals surface area contributed by atoms with Gasteiger partial charge in [0.25, 0.3) is 0 Å². The Balaban J connectivity index is 4.56. The molecule has 0 aliphatic carbocycles. The second-order valence-electron chi connectivity index (χ2n) is 16.2. The van der Waals surface area contributed by atoms with Crippen LogP contribution in [0, 0.1) is 0 Å². The fraction of sp³-hybridized carbons (Fsp3) is 0.915. The van der Waals surface area contributed by atoms with Crippen molar-refractivity contribution in [2.24, 2.45) is 0 Å². The van der Waals surface area contributed by atoms with Crippen LogP contribution >= 0.6 is 0 Å². The molecule has 314 valence electrons. The van der Waals surface area contributed by atoms with Crippen LogP contribution in [0.15, 0.2) is 12.2 Å². The van der Waals surface area contributed by atoms with E-state index in [0.29, 0.717) is 19.3 Å². The minimum atomic E-state index is -0.781. The standard InChI is InChI=1S/C47H91NO5/c1-4-7-10-13-16-19-22-25-28-31-34-37-40-47(52)53-43(38-35-32-29-26-23-20-17-14-11-8-5-2)41-46(51)48-44(42-49)45(50)39-36-33-30-27-24-21-18-15-12-9-6-3/h16,19,43-45,49-50H,4-15,17-18,20-42H2,1-3H3,(H,48,51)/b19-16-. The summed E-state index contributed by atoms with van der Waals surface area (Å²) in [6.07, 6.45) is 44.1. The van der Waals surface area contributed by atoms with E-state index in [0.717, 1.165) is 51.4 Å². The first-order valence-corrected chi connectivity index (χ1v) is 23.4. The first-order valence-electron chi connectivity index (χ1n) is 23.4. The summed E-state index contributed by atoms with van der Waals surface area (Å²) in [7, 11) is 0. The van der Waals surface area contributed by atoms with Gasteiger partial charge >= 0.3 is 5.97 Å². The van der Waals surface area contributed by atoms with Crippen molar-refractivity contribution in [3.63, 3.8) is 0 Å². The molecule has 0 aromatic carbocycles. The maximum absolute atomic E-state index is 13.1. The number of aliphatic hydroxyl groups is 2.